The molecule has 5 rings (SSSR count). The number of aromatic nitrogens is 1. The van der Waals surface area contributed by atoms with Crippen LogP contribution in [-0.2, 0) is 20.7 Å². The Kier molecular flexibility index (Phi) is 6.51. The average molecular weight is 492 g/mol. The van der Waals surface area contributed by atoms with E-state index >= 15 is 0 Å². The van der Waals surface area contributed by atoms with E-state index in [9.17, 15) is 9.59 Å². The predicted molar refractivity (Wildman–Crippen MR) is 142 cm³/mol. The highest BCUT2D eigenvalue weighted by molar-refractivity contribution is 6.00. The first-order chi connectivity index (χ1) is 18.0. The molecule has 7 nitrogen and oxygen atoms in total. The van der Waals surface area contributed by atoms with Crippen molar-refractivity contribution in [2.45, 2.75) is 26.5 Å². The van der Waals surface area contributed by atoms with Crippen molar-refractivity contribution in [3.63, 3.8) is 0 Å². The van der Waals surface area contributed by atoms with Crippen molar-refractivity contribution < 1.29 is 19.1 Å². The van der Waals surface area contributed by atoms with E-state index in [2.05, 4.69) is 11.7 Å². The quantitative estimate of drug-likeness (QED) is 0.194. The lowest BCUT2D eigenvalue weighted by Gasteiger charge is -2.22. The fourth-order valence-corrected chi connectivity index (χ4v) is 4.37. The third-order valence-electron chi connectivity index (χ3n) is 5.99. The SMILES string of the molecule is C=CCc1cccc(C2=NN(C(C)=O)[C@@H](c3cc(-c4ccccc4)nc4ccccc34)O2)c1OC(C)=O. The van der Waals surface area contributed by atoms with E-state index in [1.54, 1.807) is 12.1 Å². The molecule has 2 heterocycles. The monoisotopic (exact) mass is 491 g/mol. The van der Waals surface area contributed by atoms with Crippen molar-refractivity contribution in [1.29, 1.82) is 0 Å². The number of nitrogens with zero attached hydrogens (tertiary/aromatic N) is 3. The van der Waals surface area contributed by atoms with Gasteiger partial charge in [-0.15, -0.1) is 11.7 Å². The molecule has 3 aromatic carbocycles. The van der Waals surface area contributed by atoms with Crippen molar-refractivity contribution in [2.75, 3.05) is 0 Å². The molecule has 0 aliphatic carbocycles. The molecule has 1 aromatic heterocycles. The van der Waals surface area contributed by atoms with Gasteiger partial charge in [-0.2, -0.15) is 5.01 Å². The van der Waals surface area contributed by atoms with Crippen LogP contribution in [0.5, 0.6) is 5.75 Å². The van der Waals surface area contributed by atoms with Gasteiger partial charge in [0, 0.05) is 30.4 Å². The van der Waals surface area contributed by atoms with Crippen LogP contribution in [-0.4, -0.2) is 27.8 Å². The minimum absolute atomic E-state index is 0.185. The van der Waals surface area contributed by atoms with Crippen LogP contribution in [0.4, 0.5) is 0 Å². The van der Waals surface area contributed by atoms with Crippen LogP contribution in [0.2, 0.25) is 0 Å². The lowest BCUT2D eigenvalue weighted by atomic mass is 10.0. The van der Waals surface area contributed by atoms with Gasteiger partial charge in [-0.3, -0.25) is 9.59 Å². The maximum atomic E-state index is 12.8. The van der Waals surface area contributed by atoms with Crippen molar-refractivity contribution in [3.05, 3.63) is 108 Å². The Morgan fingerprint density at radius 1 is 1.03 bits per heavy atom. The van der Waals surface area contributed by atoms with Crippen LogP contribution in [0, 0.1) is 0 Å². The highest BCUT2D eigenvalue weighted by atomic mass is 16.5. The molecule has 0 bridgehead atoms. The Balaban J connectivity index is 1.64. The second-order valence-corrected chi connectivity index (χ2v) is 8.60. The minimum Gasteiger partial charge on any atom is -0.446 e. The molecule has 184 valence electrons. The Labute approximate surface area is 214 Å². The van der Waals surface area contributed by atoms with Gasteiger partial charge in [-0.25, -0.2) is 4.98 Å². The van der Waals surface area contributed by atoms with Gasteiger partial charge in [0.25, 0.3) is 0 Å². The van der Waals surface area contributed by atoms with Gasteiger partial charge in [-0.05, 0) is 30.2 Å². The molecule has 1 amide bonds. The van der Waals surface area contributed by atoms with E-state index in [-0.39, 0.29) is 11.8 Å². The number of ether oxygens (including phenoxy) is 2. The van der Waals surface area contributed by atoms with Gasteiger partial charge in [-0.1, -0.05) is 66.7 Å². The van der Waals surface area contributed by atoms with Gasteiger partial charge in [0.05, 0.1) is 16.8 Å². The van der Waals surface area contributed by atoms with Gasteiger partial charge in [0.15, 0.2) is 0 Å². The molecular weight excluding hydrogens is 466 g/mol. The van der Waals surface area contributed by atoms with Crippen LogP contribution in [0.3, 0.4) is 0 Å². The summed E-state index contributed by atoms with van der Waals surface area (Å²) < 4.78 is 11.9. The fourth-order valence-electron chi connectivity index (χ4n) is 4.37. The van der Waals surface area contributed by atoms with Crippen molar-refractivity contribution >= 4 is 28.7 Å². The smallest absolute Gasteiger partial charge is 0.308 e. The Hall–Kier alpha value is -4.78. The molecule has 0 fully saturated rings. The van der Waals surface area contributed by atoms with E-state index in [0.29, 0.717) is 17.7 Å². The van der Waals surface area contributed by atoms with E-state index in [1.165, 1.54) is 18.9 Å². The number of para-hydroxylation sites is 2. The van der Waals surface area contributed by atoms with Crippen molar-refractivity contribution in [1.82, 2.24) is 9.99 Å². The number of amides is 1. The standard InChI is InChI=1S/C30H25N3O4/c1-4-11-22-14-10-16-24(28(22)36-20(3)35)29-32-33(19(2)34)30(37-29)25-18-27(21-12-6-5-7-13-21)31-26-17-9-8-15-23(25)26/h4-10,12-18,30H,1,11H2,2-3H3/t30-/m1/s1. The Morgan fingerprint density at radius 3 is 2.51 bits per heavy atom. The molecule has 37 heavy (non-hydrogen) atoms. The van der Waals surface area contributed by atoms with E-state index in [4.69, 9.17) is 14.5 Å². The number of benzene rings is 3. The number of hydrogen-bond donors (Lipinski definition) is 0. The zero-order chi connectivity index (χ0) is 25.9. The van der Waals surface area contributed by atoms with Crippen LogP contribution in [0.25, 0.3) is 22.2 Å². The number of allylic oxidation sites excluding steroid dienone is 1. The number of esters is 1. The summed E-state index contributed by atoms with van der Waals surface area (Å²) in [6, 6.07) is 24.9. The van der Waals surface area contributed by atoms with Crippen LogP contribution in [0.1, 0.15) is 36.8 Å². The molecule has 1 aliphatic heterocycles. The fraction of sp³-hybridized carbons (Fsp3) is 0.133. The molecule has 0 saturated heterocycles. The summed E-state index contributed by atoms with van der Waals surface area (Å²) in [5.41, 5.74) is 4.45. The van der Waals surface area contributed by atoms with Gasteiger partial charge < -0.3 is 9.47 Å². The molecular formula is C30H25N3O4. The lowest BCUT2D eigenvalue weighted by molar-refractivity contribution is -0.135. The zero-order valence-electron chi connectivity index (χ0n) is 20.5. The third kappa shape index (κ3) is 4.71. The number of fused-ring (bicyclic) bond motifs is 1. The normalized spacial score (nSPS) is 14.7. The molecule has 1 aliphatic rings. The van der Waals surface area contributed by atoms with Crippen LogP contribution in [0.15, 0.2) is 96.6 Å². The Bertz CT molecular complexity index is 1550. The first-order valence-corrected chi connectivity index (χ1v) is 11.9. The maximum absolute atomic E-state index is 12.8. The number of hydrazone groups is 1. The van der Waals surface area contributed by atoms with Gasteiger partial charge >= 0.3 is 5.97 Å². The molecule has 0 saturated carbocycles. The Morgan fingerprint density at radius 2 is 1.78 bits per heavy atom. The predicted octanol–water partition coefficient (Wildman–Crippen LogP) is 5.79. The van der Waals surface area contributed by atoms with Gasteiger partial charge in [0.1, 0.15) is 5.75 Å². The van der Waals surface area contributed by atoms with E-state index in [1.807, 2.05) is 72.8 Å². The van der Waals surface area contributed by atoms with Gasteiger partial charge in [0.2, 0.25) is 18.0 Å². The number of rotatable bonds is 6. The number of carbonyl (C=O) groups excluding carboxylic acids is 2. The summed E-state index contributed by atoms with van der Waals surface area (Å²) in [5, 5.41) is 6.69. The molecule has 0 N–H and O–H groups in total. The summed E-state index contributed by atoms with van der Waals surface area (Å²) in [7, 11) is 0. The summed E-state index contributed by atoms with van der Waals surface area (Å²) in [5.74, 6) is -0.241. The zero-order valence-corrected chi connectivity index (χ0v) is 20.5. The largest absolute Gasteiger partial charge is 0.446 e. The minimum atomic E-state index is -0.837. The third-order valence-corrected chi connectivity index (χ3v) is 5.99. The summed E-state index contributed by atoms with van der Waals surface area (Å²) in [4.78, 5) is 29.5. The van der Waals surface area contributed by atoms with Crippen LogP contribution < -0.4 is 4.74 Å². The van der Waals surface area contributed by atoms with E-state index in [0.717, 1.165) is 33.3 Å². The highest BCUT2D eigenvalue weighted by Gasteiger charge is 2.36. The first kappa shape index (κ1) is 23.9. The second-order valence-electron chi connectivity index (χ2n) is 8.60. The second kappa shape index (κ2) is 10.1. The molecule has 0 unspecified atom stereocenters. The molecule has 0 radical (unpaired) electrons. The molecule has 1 atom stereocenters. The topological polar surface area (TPSA) is 81.1 Å². The van der Waals surface area contributed by atoms with Crippen molar-refractivity contribution in [2.24, 2.45) is 5.10 Å². The summed E-state index contributed by atoms with van der Waals surface area (Å²) in [6.45, 7) is 6.57. The highest BCUT2D eigenvalue weighted by Crippen LogP contribution is 2.38. The van der Waals surface area contributed by atoms with Crippen LogP contribution >= 0.6 is 0 Å². The lowest BCUT2D eigenvalue weighted by Crippen LogP contribution is -2.25. The summed E-state index contributed by atoms with van der Waals surface area (Å²) >= 11 is 0. The molecule has 0 spiro atoms. The van der Waals surface area contributed by atoms with Crippen molar-refractivity contribution in [3.8, 4) is 17.0 Å². The number of carbonyl (C=O) groups is 2. The molecule has 7 heteroatoms. The van der Waals surface area contributed by atoms with E-state index < -0.39 is 12.2 Å². The average Bonchev–Trinajstić information content (AvgIpc) is 3.35. The first-order valence-electron chi connectivity index (χ1n) is 11.9. The number of pyridine rings is 1. The number of hydrogen-bond acceptors (Lipinski definition) is 6. The molecule has 4 aromatic rings. The maximum Gasteiger partial charge on any atom is 0.308 e. The summed E-state index contributed by atoms with van der Waals surface area (Å²) in [6.07, 6.45) is 1.37.